The van der Waals surface area contributed by atoms with Gasteiger partial charge >= 0.3 is 0 Å². The van der Waals surface area contributed by atoms with Gasteiger partial charge in [-0.15, -0.1) is 0 Å². The first-order chi connectivity index (χ1) is 13.5. The van der Waals surface area contributed by atoms with Crippen molar-refractivity contribution in [2.24, 2.45) is 0 Å². The van der Waals surface area contributed by atoms with Crippen molar-refractivity contribution in [2.75, 3.05) is 13.2 Å². The first-order valence-electron chi connectivity index (χ1n) is 9.06. The van der Waals surface area contributed by atoms with Crippen molar-refractivity contribution in [3.63, 3.8) is 0 Å². The lowest BCUT2D eigenvalue weighted by Crippen LogP contribution is -2.35. The standard InChI is InChI=1S/C22H23Cl2NO3/c1-16-11-20(8-9-22(16)24)28-15-19(26)13-25(14-21-3-2-10-27-21)12-17-4-6-18(23)7-5-17/h2-11,19,26H,12-15H2,1H3. The molecule has 0 fully saturated rings. The molecule has 3 aromatic rings. The molecule has 1 atom stereocenters. The molecule has 6 heteroatoms. The SMILES string of the molecule is Cc1cc(OCC(O)CN(Cc2ccc(Cl)cc2)Cc2ccco2)ccc1Cl. The van der Waals surface area contributed by atoms with E-state index in [4.69, 9.17) is 32.4 Å². The summed E-state index contributed by atoms with van der Waals surface area (Å²) in [5, 5.41) is 11.9. The van der Waals surface area contributed by atoms with Gasteiger partial charge in [0, 0.05) is 23.1 Å². The van der Waals surface area contributed by atoms with Gasteiger partial charge in [0.25, 0.3) is 0 Å². The quantitative estimate of drug-likeness (QED) is 0.508. The third-order valence-electron chi connectivity index (χ3n) is 4.32. The van der Waals surface area contributed by atoms with Crippen LogP contribution in [0.3, 0.4) is 0 Å². The average molecular weight is 420 g/mol. The molecule has 1 N–H and O–H groups in total. The van der Waals surface area contributed by atoms with Crippen molar-refractivity contribution in [3.8, 4) is 5.75 Å². The summed E-state index contributed by atoms with van der Waals surface area (Å²) in [6.45, 7) is 3.80. The van der Waals surface area contributed by atoms with Crippen LogP contribution in [0.2, 0.25) is 10.0 Å². The molecule has 0 aliphatic heterocycles. The molecule has 0 bridgehead atoms. The Labute approximate surface area is 175 Å². The highest BCUT2D eigenvalue weighted by Crippen LogP contribution is 2.21. The number of halogens is 2. The van der Waals surface area contributed by atoms with E-state index in [2.05, 4.69) is 4.90 Å². The summed E-state index contributed by atoms with van der Waals surface area (Å²) in [4.78, 5) is 2.11. The predicted octanol–water partition coefficient (Wildman–Crippen LogP) is 5.34. The van der Waals surface area contributed by atoms with Crippen LogP contribution in [0.15, 0.2) is 65.3 Å². The molecule has 0 saturated carbocycles. The van der Waals surface area contributed by atoms with Crippen LogP contribution in [0, 0.1) is 6.92 Å². The van der Waals surface area contributed by atoms with Crippen molar-refractivity contribution in [3.05, 3.63) is 87.8 Å². The number of nitrogens with zero attached hydrogens (tertiary/aromatic N) is 1. The second-order valence-electron chi connectivity index (χ2n) is 6.75. The lowest BCUT2D eigenvalue weighted by atomic mass is 10.2. The number of ether oxygens (including phenoxy) is 1. The lowest BCUT2D eigenvalue weighted by Gasteiger charge is -2.24. The van der Waals surface area contributed by atoms with Gasteiger partial charge in [0.05, 0.1) is 12.8 Å². The molecular weight excluding hydrogens is 397 g/mol. The van der Waals surface area contributed by atoms with Crippen molar-refractivity contribution >= 4 is 23.2 Å². The summed E-state index contributed by atoms with van der Waals surface area (Å²) in [7, 11) is 0. The van der Waals surface area contributed by atoms with Crippen LogP contribution in [0.1, 0.15) is 16.9 Å². The second kappa shape index (κ2) is 9.99. The topological polar surface area (TPSA) is 45.8 Å². The number of furan rings is 1. The van der Waals surface area contributed by atoms with Gasteiger partial charge in [0.2, 0.25) is 0 Å². The molecule has 0 amide bonds. The van der Waals surface area contributed by atoms with Crippen LogP contribution in [0.5, 0.6) is 5.75 Å². The Bertz CT molecular complexity index is 866. The van der Waals surface area contributed by atoms with E-state index in [1.54, 1.807) is 18.4 Å². The van der Waals surface area contributed by atoms with E-state index in [1.807, 2.05) is 49.4 Å². The van der Waals surface area contributed by atoms with Gasteiger partial charge in [-0.25, -0.2) is 0 Å². The highest BCUT2D eigenvalue weighted by Gasteiger charge is 2.15. The zero-order valence-corrected chi connectivity index (χ0v) is 17.2. The molecule has 4 nitrogen and oxygen atoms in total. The van der Waals surface area contributed by atoms with Crippen LogP contribution in [-0.2, 0) is 13.1 Å². The summed E-state index contributed by atoms with van der Waals surface area (Å²) in [6.07, 6.45) is 0.997. The minimum absolute atomic E-state index is 0.191. The maximum Gasteiger partial charge on any atom is 0.119 e. The van der Waals surface area contributed by atoms with Crippen LogP contribution in [-0.4, -0.2) is 29.3 Å². The molecule has 0 radical (unpaired) electrons. The smallest absolute Gasteiger partial charge is 0.119 e. The first-order valence-corrected chi connectivity index (χ1v) is 9.81. The van der Waals surface area contributed by atoms with Crippen LogP contribution in [0.25, 0.3) is 0 Å². The van der Waals surface area contributed by atoms with E-state index in [-0.39, 0.29) is 6.61 Å². The van der Waals surface area contributed by atoms with Crippen molar-refractivity contribution < 1.29 is 14.3 Å². The summed E-state index contributed by atoms with van der Waals surface area (Å²) < 4.78 is 11.2. The first kappa shape index (κ1) is 20.7. The van der Waals surface area contributed by atoms with Gasteiger partial charge in [-0.1, -0.05) is 35.3 Å². The van der Waals surface area contributed by atoms with Crippen LogP contribution < -0.4 is 4.74 Å². The van der Waals surface area contributed by atoms with E-state index < -0.39 is 6.10 Å². The average Bonchev–Trinajstić information content (AvgIpc) is 3.17. The number of aliphatic hydroxyl groups excluding tert-OH is 1. The zero-order valence-electron chi connectivity index (χ0n) is 15.6. The van der Waals surface area contributed by atoms with Gasteiger partial charge in [0.15, 0.2) is 0 Å². The largest absolute Gasteiger partial charge is 0.491 e. The van der Waals surface area contributed by atoms with Gasteiger partial charge < -0.3 is 14.3 Å². The van der Waals surface area contributed by atoms with Crippen molar-refractivity contribution in [1.29, 1.82) is 0 Å². The normalized spacial score (nSPS) is 12.3. The van der Waals surface area contributed by atoms with Crippen LogP contribution >= 0.6 is 23.2 Å². The van der Waals surface area contributed by atoms with E-state index in [1.165, 1.54) is 0 Å². The van der Waals surface area contributed by atoms with Gasteiger partial charge in [-0.05, 0) is 60.5 Å². The zero-order chi connectivity index (χ0) is 19.9. The summed E-state index contributed by atoms with van der Waals surface area (Å²) in [6, 6.07) is 16.9. The number of hydrogen-bond donors (Lipinski definition) is 1. The summed E-state index contributed by atoms with van der Waals surface area (Å²) >= 11 is 12.0. The van der Waals surface area contributed by atoms with E-state index in [9.17, 15) is 5.11 Å². The number of rotatable bonds is 9. The highest BCUT2D eigenvalue weighted by molar-refractivity contribution is 6.31. The molecule has 0 aliphatic rings. The third-order valence-corrected chi connectivity index (χ3v) is 5.00. The van der Waals surface area contributed by atoms with Gasteiger partial charge in [-0.3, -0.25) is 4.90 Å². The Morgan fingerprint density at radius 1 is 1.07 bits per heavy atom. The molecule has 0 spiro atoms. The van der Waals surface area contributed by atoms with Gasteiger partial charge in [-0.2, -0.15) is 0 Å². The molecule has 2 aromatic carbocycles. The number of benzene rings is 2. The monoisotopic (exact) mass is 419 g/mol. The summed E-state index contributed by atoms with van der Waals surface area (Å²) in [5.74, 6) is 1.53. The molecule has 1 unspecified atom stereocenters. The Morgan fingerprint density at radius 2 is 1.86 bits per heavy atom. The Kier molecular flexibility index (Phi) is 7.40. The highest BCUT2D eigenvalue weighted by atomic mass is 35.5. The van der Waals surface area contributed by atoms with E-state index >= 15 is 0 Å². The molecule has 1 aromatic heterocycles. The fraction of sp³-hybridized carbons (Fsp3) is 0.273. The Morgan fingerprint density at radius 3 is 2.54 bits per heavy atom. The van der Waals surface area contributed by atoms with Crippen LogP contribution in [0.4, 0.5) is 0 Å². The Balaban J connectivity index is 1.60. The van der Waals surface area contributed by atoms with Crippen molar-refractivity contribution in [1.82, 2.24) is 4.90 Å². The fourth-order valence-electron chi connectivity index (χ4n) is 2.91. The minimum atomic E-state index is -0.654. The van der Waals surface area contributed by atoms with E-state index in [0.29, 0.717) is 35.4 Å². The number of aryl methyl sites for hydroxylation is 1. The molecule has 3 rings (SSSR count). The third kappa shape index (κ3) is 6.28. The molecular formula is C22H23Cl2NO3. The maximum atomic E-state index is 10.5. The molecule has 0 saturated heterocycles. The predicted molar refractivity (Wildman–Crippen MR) is 112 cm³/mol. The van der Waals surface area contributed by atoms with Gasteiger partial charge in [0.1, 0.15) is 24.2 Å². The molecule has 0 aliphatic carbocycles. The molecule has 28 heavy (non-hydrogen) atoms. The van der Waals surface area contributed by atoms with E-state index in [0.717, 1.165) is 16.9 Å². The Hall–Kier alpha value is -1.98. The summed E-state index contributed by atoms with van der Waals surface area (Å²) in [5.41, 5.74) is 2.05. The number of hydrogen-bond acceptors (Lipinski definition) is 4. The number of aliphatic hydroxyl groups is 1. The second-order valence-corrected chi connectivity index (χ2v) is 7.59. The minimum Gasteiger partial charge on any atom is -0.491 e. The van der Waals surface area contributed by atoms with Crippen molar-refractivity contribution in [2.45, 2.75) is 26.1 Å². The molecule has 148 valence electrons. The maximum absolute atomic E-state index is 10.5. The molecule has 1 heterocycles. The lowest BCUT2D eigenvalue weighted by molar-refractivity contribution is 0.0604. The fourth-order valence-corrected chi connectivity index (χ4v) is 3.15.